The summed E-state index contributed by atoms with van der Waals surface area (Å²) in [5, 5.41) is 6.22. The Kier molecular flexibility index (Phi) is 9.66. The minimum Gasteiger partial charge on any atom is -0.444 e. The van der Waals surface area contributed by atoms with Gasteiger partial charge in [-0.05, 0) is 43.2 Å². The van der Waals surface area contributed by atoms with Crippen LogP contribution in [-0.2, 0) is 16.6 Å². The van der Waals surface area contributed by atoms with Crippen LogP contribution in [-0.4, -0.2) is 39.5 Å². The molecule has 0 aliphatic carbocycles. The molecule has 0 saturated carbocycles. The highest BCUT2D eigenvalue weighted by Crippen LogP contribution is 2.18. The molecule has 0 spiro atoms. The Hall–Kier alpha value is -2.44. The number of nitrogens with zero attached hydrogens (tertiary/aromatic N) is 2. The lowest BCUT2D eigenvalue weighted by Gasteiger charge is -2.13. The van der Waals surface area contributed by atoms with E-state index in [1.54, 1.807) is 32.4 Å². The van der Waals surface area contributed by atoms with Crippen LogP contribution in [0.2, 0.25) is 0 Å². The monoisotopic (exact) mass is 569 g/mol. The SMILES string of the molecule is CN=C(NCCNS(=O)(=O)c1cc(C)ccc1C)NCc1coc(-c2ccccc2)n1.I. The number of benzene rings is 2. The normalized spacial score (nSPS) is 11.7. The predicted molar refractivity (Wildman–Crippen MR) is 137 cm³/mol. The molecule has 0 aliphatic rings. The van der Waals surface area contributed by atoms with Crippen LogP contribution in [0.1, 0.15) is 16.8 Å². The lowest BCUT2D eigenvalue weighted by molar-refractivity contribution is 0.571. The van der Waals surface area contributed by atoms with Gasteiger partial charge in [-0.3, -0.25) is 4.99 Å². The highest BCUT2D eigenvalue weighted by molar-refractivity contribution is 14.0. The summed E-state index contributed by atoms with van der Waals surface area (Å²) in [6.07, 6.45) is 1.60. The van der Waals surface area contributed by atoms with E-state index in [0.29, 0.717) is 35.4 Å². The molecule has 3 aromatic rings. The smallest absolute Gasteiger partial charge is 0.240 e. The van der Waals surface area contributed by atoms with Crippen LogP contribution < -0.4 is 15.4 Å². The van der Waals surface area contributed by atoms with Crippen LogP contribution in [0.4, 0.5) is 0 Å². The number of aliphatic imine (C=N–C) groups is 1. The third-order valence-electron chi connectivity index (χ3n) is 4.58. The predicted octanol–water partition coefficient (Wildman–Crippen LogP) is 3.22. The van der Waals surface area contributed by atoms with Crippen molar-refractivity contribution in [1.82, 2.24) is 20.3 Å². The molecule has 0 bridgehead atoms. The molecule has 1 aromatic heterocycles. The molecule has 172 valence electrons. The van der Waals surface area contributed by atoms with Crippen molar-refractivity contribution < 1.29 is 12.8 Å². The molecule has 1 heterocycles. The molecule has 0 saturated heterocycles. The lowest BCUT2D eigenvalue weighted by atomic mass is 10.2. The van der Waals surface area contributed by atoms with Crippen LogP contribution in [0.15, 0.2) is 69.1 Å². The maximum atomic E-state index is 12.5. The van der Waals surface area contributed by atoms with Crippen LogP contribution >= 0.6 is 24.0 Å². The average molecular weight is 569 g/mol. The number of hydrogen-bond donors (Lipinski definition) is 3. The quantitative estimate of drug-likeness (QED) is 0.167. The average Bonchev–Trinajstić information content (AvgIpc) is 3.24. The molecule has 3 rings (SSSR count). The van der Waals surface area contributed by atoms with E-state index in [1.165, 1.54) is 0 Å². The summed E-state index contributed by atoms with van der Waals surface area (Å²) in [6.45, 7) is 4.67. The topological polar surface area (TPSA) is 109 Å². The Morgan fingerprint density at radius 1 is 1.06 bits per heavy atom. The molecule has 8 nitrogen and oxygen atoms in total. The van der Waals surface area contributed by atoms with Gasteiger partial charge < -0.3 is 15.1 Å². The van der Waals surface area contributed by atoms with Gasteiger partial charge in [0.25, 0.3) is 0 Å². The molecule has 0 unspecified atom stereocenters. The van der Waals surface area contributed by atoms with Crippen molar-refractivity contribution in [2.75, 3.05) is 20.1 Å². The first-order chi connectivity index (χ1) is 14.9. The van der Waals surface area contributed by atoms with Gasteiger partial charge in [-0.1, -0.05) is 30.3 Å². The minimum atomic E-state index is -3.57. The summed E-state index contributed by atoms with van der Waals surface area (Å²) in [5.41, 5.74) is 3.26. The zero-order chi connectivity index (χ0) is 22.3. The van der Waals surface area contributed by atoms with Crippen LogP contribution in [0.3, 0.4) is 0 Å². The summed E-state index contributed by atoms with van der Waals surface area (Å²) >= 11 is 0. The number of oxazole rings is 1. The van der Waals surface area contributed by atoms with Crippen LogP contribution in [0.25, 0.3) is 11.5 Å². The largest absolute Gasteiger partial charge is 0.444 e. The second-order valence-electron chi connectivity index (χ2n) is 7.03. The van der Waals surface area contributed by atoms with Gasteiger partial charge in [0.2, 0.25) is 15.9 Å². The molecule has 10 heteroatoms. The van der Waals surface area contributed by atoms with Crippen molar-refractivity contribution >= 4 is 40.0 Å². The second kappa shape index (κ2) is 12.0. The fourth-order valence-electron chi connectivity index (χ4n) is 2.94. The molecular weight excluding hydrogens is 541 g/mol. The Morgan fingerprint density at radius 3 is 2.53 bits per heavy atom. The van der Waals surface area contributed by atoms with Crippen molar-refractivity contribution in [2.24, 2.45) is 4.99 Å². The number of nitrogens with one attached hydrogen (secondary N) is 3. The van der Waals surface area contributed by atoms with E-state index in [-0.39, 0.29) is 30.5 Å². The van der Waals surface area contributed by atoms with E-state index in [0.717, 1.165) is 16.8 Å². The molecule has 32 heavy (non-hydrogen) atoms. The van der Waals surface area contributed by atoms with Crippen LogP contribution in [0.5, 0.6) is 0 Å². The van der Waals surface area contributed by atoms with Crippen molar-refractivity contribution in [3.05, 3.63) is 71.6 Å². The van der Waals surface area contributed by atoms with E-state index < -0.39 is 10.0 Å². The molecule has 0 fully saturated rings. The maximum absolute atomic E-state index is 12.5. The molecule has 0 amide bonds. The number of sulfonamides is 1. The third-order valence-corrected chi connectivity index (χ3v) is 6.18. The first kappa shape index (κ1) is 25.8. The molecule has 0 aliphatic heterocycles. The van der Waals surface area contributed by atoms with E-state index in [4.69, 9.17) is 4.42 Å². The van der Waals surface area contributed by atoms with Gasteiger partial charge in [-0.25, -0.2) is 18.1 Å². The number of hydrogen-bond acceptors (Lipinski definition) is 5. The number of halogens is 1. The van der Waals surface area contributed by atoms with Gasteiger partial charge in [-0.15, -0.1) is 24.0 Å². The zero-order valence-corrected chi connectivity index (χ0v) is 21.4. The lowest BCUT2D eigenvalue weighted by Crippen LogP contribution is -2.41. The van der Waals surface area contributed by atoms with E-state index in [1.807, 2.05) is 43.3 Å². The number of guanidine groups is 1. The summed E-state index contributed by atoms with van der Waals surface area (Å²) in [7, 11) is -1.92. The highest BCUT2D eigenvalue weighted by atomic mass is 127. The standard InChI is InChI=1S/C22H27N5O3S.HI/c1-16-9-10-17(2)20(13-16)31(28,29)26-12-11-24-22(23-3)25-14-19-15-30-21(27-19)18-7-5-4-6-8-18;/h4-10,13,15,26H,11-12,14H2,1-3H3,(H2,23,24,25);1H. The molecular formula is C22H28IN5O3S. The van der Waals surface area contributed by atoms with Gasteiger partial charge >= 0.3 is 0 Å². The first-order valence-corrected chi connectivity index (χ1v) is 11.4. The summed E-state index contributed by atoms with van der Waals surface area (Å²) in [6, 6.07) is 15.0. The fourth-order valence-corrected chi connectivity index (χ4v) is 4.30. The molecule has 3 N–H and O–H groups in total. The van der Waals surface area contributed by atoms with Gasteiger partial charge in [0.1, 0.15) is 6.26 Å². The van der Waals surface area contributed by atoms with Crippen molar-refractivity contribution in [3.63, 3.8) is 0 Å². The number of aryl methyl sites for hydroxylation is 2. The third kappa shape index (κ3) is 7.04. The van der Waals surface area contributed by atoms with Gasteiger partial charge in [-0.2, -0.15) is 0 Å². The first-order valence-electron chi connectivity index (χ1n) is 9.90. The maximum Gasteiger partial charge on any atom is 0.240 e. The highest BCUT2D eigenvalue weighted by Gasteiger charge is 2.16. The molecule has 2 aromatic carbocycles. The fraction of sp³-hybridized carbons (Fsp3) is 0.273. The minimum absolute atomic E-state index is 0. The van der Waals surface area contributed by atoms with Gasteiger partial charge in [0.05, 0.1) is 17.1 Å². The van der Waals surface area contributed by atoms with Gasteiger partial charge in [0.15, 0.2) is 5.96 Å². The van der Waals surface area contributed by atoms with Crippen molar-refractivity contribution in [3.8, 4) is 11.5 Å². The van der Waals surface area contributed by atoms with E-state index in [2.05, 4.69) is 25.3 Å². The molecule has 0 atom stereocenters. The zero-order valence-electron chi connectivity index (χ0n) is 18.3. The van der Waals surface area contributed by atoms with Crippen molar-refractivity contribution in [1.29, 1.82) is 0 Å². The Morgan fingerprint density at radius 2 is 1.81 bits per heavy atom. The second-order valence-corrected chi connectivity index (χ2v) is 8.76. The van der Waals surface area contributed by atoms with Gasteiger partial charge in [0, 0.05) is 25.7 Å². The Bertz CT molecular complexity index is 1150. The van der Waals surface area contributed by atoms with E-state index in [9.17, 15) is 8.42 Å². The Labute approximate surface area is 206 Å². The Balaban J connectivity index is 0.00000363. The van der Waals surface area contributed by atoms with E-state index >= 15 is 0 Å². The summed E-state index contributed by atoms with van der Waals surface area (Å²) in [4.78, 5) is 8.91. The van der Waals surface area contributed by atoms with Crippen molar-refractivity contribution in [2.45, 2.75) is 25.3 Å². The number of aromatic nitrogens is 1. The summed E-state index contributed by atoms with van der Waals surface area (Å²) in [5.74, 6) is 1.09. The molecule has 0 radical (unpaired) electrons. The van der Waals surface area contributed by atoms with Crippen LogP contribution in [0, 0.1) is 13.8 Å². The summed E-state index contributed by atoms with van der Waals surface area (Å²) < 4.78 is 33.2. The number of rotatable bonds is 8.